The van der Waals surface area contributed by atoms with E-state index in [4.69, 9.17) is 4.74 Å². The lowest BCUT2D eigenvalue weighted by Crippen LogP contribution is -2.39. The second-order valence-electron chi connectivity index (χ2n) is 6.65. The van der Waals surface area contributed by atoms with Crippen molar-refractivity contribution in [3.8, 4) is 5.75 Å². The third kappa shape index (κ3) is 5.65. The summed E-state index contributed by atoms with van der Waals surface area (Å²) in [4.78, 5) is 14.8. The quantitative estimate of drug-likeness (QED) is 0.560. The van der Waals surface area contributed by atoms with E-state index in [-0.39, 0.29) is 11.8 Å². The van der Waals surface area contributed by atoms with E-state index in [1.54, 1.807) is 13.3 Å². The first-order chi connectivity index (χ1) is 13.2. The molecule has 27 heavy (non-hydrogen) atoms. The maximum atomic E-state index is 12.4. The fourth-order valence-corrected chi connectivity index (χ4v) is 3.50. The molecule has 1 N–H and O–H groups in total. The third-order valence-corrected chi connectivity index (χ3v) is 5.32. The van der Waals surface area contributed by atoms with Crippen molar-refractivity contribution in [1.82, 2.24) is 10.3 Å². The van der Waals surface area contributed by atoms with E-state index in [0.29, 0.717) is 0 Å². The van der Waals surface area contributed by atoms with Gasteiger partial charge >= 0.3 is 0 Å². The summed E-state index contributed by atoms with van der Waals surface area (Å²) in [5, 5.41) is 4.10. The zero-order valence-electron chi connectivity index (χ0n) is 15.4. The van der Waals surface area contributed by atoms with Gasteiger partial charge in [0.05, 0.1) is 13.3 Å². The van der Waals surface area contributed by atoms with E-state index in [1.807, 2.05) is 24.3 Å². The van der Waals surface area contributed by atoms with Crippen LogP contribution in [0.15, 0.2) is 58.1 Å². The van der Waals surface area contributed by atoms with Crippen LogP contribution in [0, 0.1) is 5.92 Å². The normalized spacial score (nSPS) is 15.8. The number of hydrazone groups is 1. The van der Waals surface area contributed by atoms with Gasteiger partial charge in [-0.3, -0.25) is 9.69 Å². The number of likely N-dealkylation sites (tertiary alicyclic amines) is 1. The van der Waals surface area contributed by atoms with Gasteiger partial charge in [-0.05, 0) is 55.8 Å². The van der Waals surface area contributed by atoms with Crippen LogP contribution in [-0.2, 0) is 11.3 Å². The van der Waals surface area contributed by atoms with Crippen LogP contribution >= 0.6 is 15.9 Å². The van der Waals surface area contributed by atoms with E-state index in [2.05, 4.69) is 55.6 Å². The smallest absolute Gasteiger partial charge is 0.243 e. The van der Waals surface area contributed by atoms with Crippen LogP contribution in [0.1, 0.15) is 24.0 Å². The van der Waals surface area contributed by atoms with Crippen molar-refractivity contribution < 1.29 is 9.53 Å². The summed E-state index contributed by atoms with van der Waals surface area (Å²) in [6, 6.07) is 16.0. The summed E-state index contributed by atoms with van der Waals surface area (Å²) in [7, 11) is 1.62. The molecule has 142 valence electrons. The van der Waals surface area contributed by atoms with Crippen molar-refractivity contribution in [3.05, 3.63) is 64.1 Å². The highest BCUT2D eigenvalue weighted by atomic mass is 79.9. The maximum Gasteiger partial charge on any atom is 0.243 e. The highest BCUT2D eigenvalue weighted by Crippen LogP contribution is 2.20. The van der Waals surface area contributed by atoms with Crippen LogP contribution in [0.5, 0.6) is 5.75 Å². The van der Waals surface area contributed by atoms with Crippen LogP contribution in [-0.4, -0.2) is 37.2 Å². The van der Waals surface area contributed by atoms with Crippen molar-refractivity contribution in [2.75, 3.05) is 20.2 Å². The number of piperidine rings is 1. The number of hydrogen-bond acceptors (Lipinski definition) is 4. The summed E-state index contributed by atoms with van der Waals surface area (Å²) < 4.78 is 6.37. The molecule has 3 rings (SSSR count). The fraction of sp³-hybridized carbons (Fsp3) is 0.333. The highest BCUT2D eigenvalue weighted by molar-refractivity contribution is 9.10. The molecule has 0 radical (unpaired) electrons. The van der Waals surface area contributed by atoms with Gasteiger partial charge in [-0.15, -0.1) is 0 Å². The number of benzene rings is 2. The number of para-hydroxylation sites is 1. The van der Waals surface area contributed by atoms with Gasteiger partial charge in [0.15, 0.2) is 0 Å². The Morgan fingerprint density at radius 1 is 1.22 bits per heavy atom. The Morgan fingerprint density at radius 3 is 2.63 bits per heavy atom. The number of halogens is 1. The number of nitrogens with one attached hydrogen (secondary N) is 1. The Bertz CT molecular complexity index is 784. The molecule has 2 aromatic carbocycles. The van der Waals surface area contributed by atoms with Crippen LogP contribution < -0.4 is 10.2 Å². The molecule has 0 unspecified atom stereocenters. The summed E-state index contributed by atoms with van der Waals surface area (Å²) in [5.74, 6) is 0.738. The molecule has 0 aromatic heterocycles. The first kappa shape index (κ1) is 19.6. The van der Waals surface area contributed by atoms with Gasteiger partial charge in [0.2, 0.25) is 5.91 Å². The van der Waals surface area contributed by atoms with Gasteiger partial charge in [-0.25, -0.2) is 5.43 Å². The number of ether oxygens (including phenoxy) is 1. The minimum atomic E-state index is -0.00978. The number of nitrogens with zero attached hydrogens (tertiary/aromatic N) is 2. The monoisotopic (exact) mass is 429 g/mol. The van der Waals surface area contributed by atoms with Crippen molar-refractivity contribution in [1.29, 1.82) is 0 Å². The second kappa shape index (κ2) is 9.67. The number of carbonyl (C=O) groups is 1. The highest BCUT2D eigenvalue weighted by Gasteiger charge is 2.24. The van der Waals surface area contributed by atoms with Gasteiger partial charge in [-0.1, -0.05) is 40.2 Å². The van der Waals surface area contributed by atoms with E-state index in [1.165, 1.54) is 5.56 Å². The number of methoxy groups -OCH3 is 1. The largest absolute Gasteiger partial charge is 0.496 e. The number of carbonyl (C=O) groups excluding carboxylic acids is 1. The molecule has 1 aliphatic heterocycles. The average molecular weight is 430 g/mol. The van der Waals surface area contributed by atoms with Crippen molar-refractivity contribution in [3.63, 3.8) is 0 Å². The van der Waals surface area contributed by atoms with Gasteiger partial charge in [0.25, 0.3) is 0 Å². The van der Waals surface area contributed by atoms with Crippen molar-refractivity contribution >= 4 is 28.1 Å². The molecule has 5 nitrogen and oxygen atoms in total. The van der Waals surface area contributed by atoms with Gasteiger partial charge in [-0.2, -0.15) is 5.10 Å². The van der Waals surface area contributed by atoms with E-state index < -0.39 is 0 Å². The molecule has 6 heteroatoms. The van der Waals surface area contributed by atoms with Crippen LogP contribution in [0.25, 0.3) is 0 Å². The molecule has 0 aliphatic carbocycles. The lowest BCUT2D eigenvalue weighted by molar-refractivity contribution is -0.126. The molecular formula is C21H24BrN3O2. The number of amides is 1. The number of rotatable bonds is 6. The van der Waals surface area contributed by atoms with E-state index >= 15 is 0 Å². The summed E-state index contributed by atoms with van der Waals surface area (Å²) in [6.07, 6.45) is 3.33. The first-order valence-corrected chi connectivity index (χ1v) is 9.88. The lowest BCUT2D eigenvalue weighted by atomic mass is 9.96. The molecule has 0 atom stereocenters. The standard InChI is InChI=1S/C21H24BrN3O2/c1-27-20-5-3-2-4-18(20)14-23-24-21(26)17-10-12-25(13-11-17)15-16-6-8-19(22)9-7-16/h2-9,14,17H,10-13,15H2,1H3,(H,24,26)/b23-14+. The molecule has 1 aliphatic rings. The second-order valence-corrected chi connectivity index (χ2v) is 7.57. The molecule has 2 aromatic rings. The molecule has 1 amide bonds. The molecule has 1 saturated heterocycles. The Hall–Kier alpha value is -2.18. The van der Waals surface area contributed by atoms with Crippen molar-refractivity contribution in [2.45, 2.75) is 19.4 Å². The Labute approximate surface area is 168 Å². The first-order valence-electron chi connectivity index (χ1n) is 9.08. The third-order valence-electron chi connectivity index (χ3n) is 4.80. The van der Waals surface area contributed by atoms with Gasteiger partial charge in [0.1, 0.15) is 5.75 Å². The fourth-order valence-electron chi connectivity index (χ4n) is 3.23. The molecule has 0 spiro atoms. The predicted octanol–water partition coefficient (Wildman–Crippen LogP) is 3.82. The summed E-state index contributed by atoms with van der Waals surface area (Å²) in [5.41, 5.74) is 4.81. The molecule has 0 saturated carbocycles. The van der Waals surface area contributed by atoms with E-state index in [0.717, 1.165) is 48.3 Å². The lowest BCUT2D eigenvalue weighted by Gasteiger charge is -2.30. The maximum absolute atomic E-state index is 12.4. The summed E-state index contributed by atoms with van der Waals surface area (Å²) in [6.45, 7) is 2.77. The number of hydrogen-bond donors (Lipinski definition) is 1. The molecule has 1 heterocycles. The predicted molar refractivity (Wildman–Crippen MR) is 111 cm³/mol. The minimum absolute atomic E-state index is 0.00978. The SMILES string of the molecule is COc1ccccc1/C=N/NC(=O)C1CCN(Cc2ccc(Br)cc2)CC1. The Morgan fingerprint density at radius 2 is 1.93 bits per heavy atom. The van der Waals surface area contributed by atoms with Gasteiger partial charge in [0, 0.05) is 22.5 Å². The van der Waals surface area contributed by atoms with Crippen LogP contribution in [0.4, 0.5) is 0 Å². The van der Waals surface area contributed by atoms with Crippen LogP contribution in [0.2, 0.25) is 0 Å². The van der Waals surface area contributed by atoms with Crippen molar-refractivity contribution in [2.24, 2.45) is 11.0 Å². The molecule has 1 fully saturated rings. The zero-order chi connectivity index (χ0) is 19.1. The molecule has 0 bridgehead atoms. The minimum Gasteiger partial charge on any atom is -0.496 e. The zero-order valence-corrected chi connectivity index (χ0v) is 17.0. The average Bonchev–Trinajstić information content (AvgIpc) is 2.70. The van der Waals surface area contributed by atoms with Crippen LogP contribution in [0.3, 0.4) is 0 Å². The van der Waals surface area contributed by atoms with E-state index in [9.17, 15) is 4.79 Å². The Balaban J connectivity index is 1.45. The summed E-state index contributed by atoms with van der Waals surface area (Å²) >= 11 is 3.46. The van der Waals surface area contributed by atoms with Gasteiger partial charge < -0.3 is 4.74 Å². The Kier molecular flexibility index (Phi) is 7.01. The topological polar surface area (TPSA) is 53.9 Å². The molecular weight excluding hydrogens is 406 g/mol.